The lowest BCUT2D eigenvalue weighted by Gasteiger charge is -2.07. The fraction of sp³-hybridized carbons (Fsp3) is 0.222. The van der Waals surface area contributed by atoms with Crippen LogP contribution in [0.3, 0.4) is 0 Å². The maximum Gasteiger partial charge on any atom is 0.310 e. The van der Waals surface area contributed by atoms with E-state index in [0.717, 1.165) is 16.7 Å². The highest BCUT2D eigenvalue weighted by molar-refractivity contribution is 5.77. The van der Waals surface area contributed by atoms with E-state index in [0.29, 0.717) is 0 Å². The van der Waals surface area contributed by atoms with Gasteiger partial charge in [-0.1, -0.05) is 54.6 Å². The second kappa shape index (κ2) is 8.70. The molecular weight excluding hydrogens is 292 g/mol. The molecule has 0 aliphatic heterocycles. The van der Waals surface area contributed by atoms with Gasteiger partial charge in [0.05, 0.1) is 19.5 Å². The number of hydrogen-bond donors (Lipinski definition) is 2. The number of carbonyl (C=O) groups excluding carboxylic acids is 2. The normalized spacial score (nSPS) is 10.1. The Morgan fingerprint density at radius 2 is 1.61 bits per heavy atom. The van der Waals surface area contributed by atoms with Gasteiger partial charge in [0, 0.05) is 0 Å². The van der Waals surface area contributed by atoms with Crippen molar-refractivity contribution in [3.63, 3.8) is 0 Å². The molecule has 0 radical (unpaired) electrons. The van der Waals surface area contributed by atoms with Gasteiger partial charge in [0.1, 0.15) is 6.61 Å². The standard InChI is InChI=1S/C18H20N2O3/c19-13-17(21)20-10-11-23-18(22)12-14-6-8-16(9-7-14)15-4-2-1-3-5-15/h1-9H,10-13,19H2,(H,20,21). The van der Waals surface area contributed by atoms with E-state index in [4.69, 9.17) is 10.5 Å². The van der Waals surface area contributed by atoms with Crippen molar-refractivity contribution in [3.8, 4) is 11.1 Å². The van der Waals surface area contributed by atoms with Crippen molar-refractivity contribution in [2.75, 3.05) is 19.7 Å². The molecule has 2 rings (SSSR count). The van der Waals surface area contributed by atoms with Crippen LogP contribution in [0.4, 0.5) is 0 Å². The first-order valence-corrected chi connectivity index (χ1v) is 7.46. The Balaban J connectivity index is 1.79. The minimum Gasteiger partial charge on any atom is -0.464 e. The predicted molar refractivity (Wildman–Crippen MR) is 88.6 cm³/mol. The Labute approximate surface area is 135 Å². The number of carbonyl (C=O) groups is 2. The van der Waals surface area contributed by atoms with E-state index in [9.17, 15) is 9.59 Å². The summed E-state index contributed by atoms with van der Waals surface area (Å²) in [7, 11) is 0. The van der Waals surface area contributed by atoms with Gasteiger partial charge in [0.25, 0.3) is 0 Å². The number of rotatable bonds is 7. The summed E-state index contributed by atoms with van der Waals surface area (Å²) in [6.45, 7) is 0.350. The second-order valence-corrected chi connectivity index (χ2v) is 5.01. The molecule has 5 heteroatoms. The summed E-state index contributed by atoms with van der Waals surface area (Å²) in [5.41, 5.74) is 8.28. The lowest BCUT2D eigenvalue weighted by Crippen LogP contribution is -2.33. The quantitative estimate of drug-likeness (QED) is 0.600. The molecule has 1 amide bonds. The molecule has 0 saturated heterocycles. The first-order chi connectivity index (χ1) is 11.2. The van der Waals surface area contributed by atoms with Crippen molar-refractivity contribution in [2.24, 2.45) is 5.73 Å². The monoisotopic (exact) mass is 312 g/mol. The maximum absolute atomic E-state index is 11.7. The van der Waals surface area contributed by atoms with Crippen LogP contribution in [0, 0.1) is 0 Å². The first-order valence-electron chi connectivity index (χ1n) is 7.46. The maximum atomic E-state index is 11.7. The fourth-order valence-electron chi connectivity index (χ4n) is 2.09. The molecule has 0 aliphatic rings. The van der Waals surface area contributed by atoms with Crippen LogP contribution in [-0.4, -0.2) is 31.6 Å². The zero-order valence-corrected chi connectivity index (χ0v) is 12.8. The Morgan fingerprint density at radius 1 is 0.957 bits per heavy atom. The minimum absolute atomic E-state index is 0.0677. The Bertz CT molecular complexity index is 639. The summed E-state index contributed by atoms with van der Waals surface area (Å²) < 4.78 is 5.06. The molecule has 0 aliphatic carbocycles. The minimum atomic E-state index is -0.320. The Hall–Kier alpha value is -2.66. The van der Waals surface area contributed by atoms with Gasteiger partial charge >= 0.3 is 5.97 Å². The van der Waals surface area contributed by atoms with Crippen LogP contribution in [0.1, 0.15) is 5.56 Å². The number of nitrogens with two attached hydrogens (primary N) is 1. The number of nitrogens with one attached hydrogen (secondary N) is 1. The molecule has 0 unspecified atom stereocenters. The molecule has 0 atom stereocenters. The molecule has 5 nitrogen and oxygen atoms in total. The highest BCUT2D eigenvalue weighted by Crippen LogP contribution is 2.19. The highest BCUT2D eigenvalue weighted by Gasteiger charge is 2.06. The van der Waals surface area contributed by atoms with Crippen LogP contribution in [0.25, 0.3) is 11.1 Å². The van der Waals surface area contributed by atoms with Gasteiger partial charge in [-0.15, -0.1) is 0 Å². The molecule has 0 heterocycles. The predicted octanol–water partition coefficient (Wildman–Crippen LogP) is 1.51. The lowest BCUT2D eigenvalue weighted by molar-refractivity contribution is -0.143. The van der Waals surface area contributed by atoms with E-state index >= 15 is 0 Å². The van der Waals surface area contributed by atoms with Crippen LogP contribution in [0.15, 0.2) is 54.6 Å². The van der Waals surface area contributed by atoms with Gasteiger partial charge in [-0.3, -0.25) is 9.59 Å². The number of hydrogen-bond acceptors (Lipinski definition) is 4. The molecule has 0 saturated carbocycles. The molecule has 0 aromatic heterocycles. The molecule has 0 fully saturated rings. The van der Waals surface area contributed by atoms with E-state index in [-0.39, 0.29) is 38.0 Å². The molecule has 2 aromatic carbocycles. The van der Waals surface area contributed by atoms with Crippen molar-refractivity contribution in [1.82, 2.24) is 5.32 Å². The van der Waals surface area contributed by atoms with Gasteiger partial charge in [-0.2, -0.15) is 0 Å². The highest BCUT2D eigenvalue weighted by atomic mass is 16.5. The van der Waals surface area contributed by atoms with Crippen molar-refractivity contribution in [1.29, 1.82) is 0 Å². The van der Waals surface area contributed by atoms with Gasteiger partial charge < -0.3 is 15.8 Å². The van der Waals surface area contributed by atoms with Gasteiger partial charge in [0.15, 0.2) is 0 Å². The van der Waals surface area contributed by atoms with E-state index < -0.39 is 0 Å². The van der Waals surface area contributed by atoms with Crippen LogP contribution >= 0.6 is 0 Å². The number of ether oxygens (including phenoxy) is 1. The lowest BCUT2D eigenvalue weighted by atomic mass is 10.0. The van der Waals surface area contributed by atoms with Crippen LogP contribution in [0.2, 0.25) is 0 Å². The Kier molecular flexibility index (Phi) is 6.32. The van der Waals surface area contributed by atoms with Crippen LogP contribution < -0.4 is 11.1 Å². The van der Waals surface area contributed by atoms with Crippen molar-refractivity contribution < 1.29 is 14.3 Å². The number of esters is 1. The smallest absolute Gasteiger partial charge is 0.310 e. The molecule has 0 spiro atoms. The van der Waals surface area contributed by atoms with Crippen molar-refractivity contribution in [2.45, 2.75) is 6.42 Å². The van der Waals surface area contributed by atoms with Crippen LogP contribution in [-0.2, 0) is 20.7 Å². The SMILES string of the molecule is NCC(=O)NCCOC(=O)Cc1ccc(-c2ccccc2)cc1. The third-order valence-electron chi connectivity index (χ3n) is 3.28. The number of amides is 1. The third kappa shape index (κ3) is 5.56. The largest absolute Gasteiger partial charge is 0.464 e. The molecule has 2 aromatic rings. The summed E-state index contributed by atoms with van der Waals surface area (Å²) >= 11 is 0. The average molecular weight is 312 g/mol. The van der Waals surface area contributed by atoms with Gasteiger partial charge in [-0.05, 0) is 16.7 Å². The fourth-order valence-corrected chi connectivity index (χ4v) is 2.09. The van der Waals surface area contributed by atoms with Crippen molar-refractivity contribution in [3.05, 3.63) is 60.2 Å². The molecule has 3 N–H and O–H groups in total. The number of benzene rings is 2. The summed E-state index contributed by atoms with van der Waals surface area (Å²) in [6, 6.07) is 17.8. The van der Waals surface area contributed by atoms with Crippen LogP contribution in [0.5, 0.6) is 0 Å². The average Bonchev–Trinajstić information content (AvgIpc) is 2.60. The van der Waals surface area contributed by atoms with Gasteiger partial charge in [-0.25, -0.2) is 0 Å². The summed E-state index contributed by atoms with van der Waals surface area (Å²) in [6.07, 6.45) is 0.208. The summed E-state index contributed by atoms with van der Waals surface area (Å²) in [5.74, 6) is -0.586. The van der Waals surface area contributed by atoms with E-state index in [1.807, 2.05) is 54.6 Å². The van der Waals surface area contributed by atoms with E-state index in [2.05, 4.69) is 5.32 Å². The zero-order valence-electron chi connectivity index (χ0n) is 12.8. The van der Waals surface area contributed by atoms with E-state index in [1.165, 1.54) is 0 Å². The molecule has 120 valence electrons. The van der Waals surface area contributed by atoms with Crippen molar-refractivity contribution >= 4 is 11.9 Å². The van der Waals surface area contributed by atoms with E-state index in [1.54, 1.807) is 0 Å². The zero-order chi connectivity index (χ0) is 16.5. The molecular formula is C18H20N2O3. The first kappa shape index (κ1) is 16.7. The third-order valence-corrected chi connectivity index (χ3v) is 3.28. The molecule has 0 bridgehead atoms. The summed E-state index contributed by atoms with van der Waals surface area (Å²) in [4.78, 5) is 22.6. The Morgan fingerprint density at radius 3 is 2.26 bits per heavy atom. The molecule has 23 heavy (non-hydrogen) atoms. The van der Waals surface area contributed by atoms with Gasteiger partial charge in [0.2, 0.25) is 5.91 Å². The summed E-state index contributed by atoms with van der Waals surface area (Å²) in [5, 5.41) is 2.54. The topological polar surface area (TPSA) is 81.4 Å². The second-order valence-electron chi connectivity index (χ2n) is 5.01.